The van der Waals surface area contributed by atoms with E-state index in [0.717, 1.165) is 36.9 Å². The molecule has 2 atom stereocenters. The van der Waals surface area contributed by atoms with Gasteiger partial charge < -0.3 is 15.3 Å². The van der Waals surface area contributed by atoms with E-state index < -0.39 is 5.97 Å². The van der Waals surface area contributed by atoms with Gasteiger partial charge in [-0.05, 0) is 62.4 Å². The summed E-state index contributed by atoms with van der Waals surface area (Å²) < 4.78 is 7.87. The number of fused-ring (bicyclic) bond motifs is 1. The first-order valence-electron chi connectivity index (χ1n) is 10.7. The number of nitrogens with two attached hydrogens (primary N) is 1. The van der Waals surface area contributed by atoms with Crippen LogP contribution in [0.25, 0.3) is 4.85 Å². The van der Waals surface area contributed by atoms with E-state index in [9.17, 15) is 4.79 Å². The first-order valence-corrected chi connectivity index (χ1v) is 11.2. The van der Waals surface area contributed by atoms with Crippen molar-refractivity contribution in [2.75, 3.05) is 6.54 Å². The fourth-order valence-electron chi connectivity index (χ4n) is 3.91. The predicted molar refractivity (Wildman–Crippen MR) is 139 cm³/mol. The summed E-state index contributed by atoms with van der Waals surface area (Å²) in [6.45, 7) is 14.2. The zero-order valence-electron chi connectivity index (χ0n) is 19.2. The topological polar surface area (TPSA) is 81.5 Å². The Kier molecular flexibility index (Phi) is 9.72. The Labute approximate surface area is 204 Å². The van der Waals surface area contributed by atoms with Gasteiger partial charge >= 0.3 is 5.97 Å². The molecule has 0 bridgehead atoms. The zero-order chi connectivity index (χ0) is 23.3. The third-order valence-electron chi connectivity index (χ3n) is 5.30. The lowest BCUT2D eigenvalue weighted by Crippen LogP contribution is -2.19. The van der Waals surface area contributed by atoms with Crippen LogP contribution in [0.15, 0.2) is 41.6 Å². The van der Waals surface area contributed by atoms with Crippen LogP contribution in [0.4, 0.5) is 5.69 Å². The van der Waals surface area contributed by atoms with Gasteiger partial charge in [0.1, 0.15) is 5.75 Å². The average Bonchev–Trinajstić information content (AvgIpc) is 3.21. The second-order valence-electron chi connectivity index (χ2n) is 7.98. The van der Waals surface area contributed by atoms with Crippen LogP contribution in [-0.4, -0.2) is 29.1 Å². The molecule has 0 radical (unpaired) electrons. The van der Waals surface area contributed by atoms with Crippen molar-refractivity contribution in [3.63, 3.8) is 0 Å². The first-order chi connectivity index (χ1) is 15.3. The fraction of sp³-hybridized carbons (Fsp3) is 0.375. The first kappa shape index (κ1) is 26.7. The van der Waals surface area contributed by atoms with Gasteiger partial charge in [0.25, 0.3) is 0 Å². The van der Waals surface area contributed by atoms with Crippen LogP contribution in [0.1, 0.15) is 66.7 Å². The quantitative estimate of drug-likeness (QED) is 0.140. The Hall–Kier alpha value is -2.59. The summed E-state index contributed by atoms with van der Waals surface area (Å²) in [4.78, 5) is 21.0. The Bertz CT molecular complexity index is 1070. The van der Waals surface area contributed by atoms with Crippen LogP contribution in [0.2, 0.25) is 0 Å². The van der Waals surface area contributed by atoms with Crippen molar-refractivity contribution in [2.24, 2.45) is 10.9 Å². The number of hydrogen-bond donors (Lipinski definition) is 1. The molecule has 1 unspecified atom stereocenters. The molecule has 3 rings (SSSR count). The third-order valence-corrected chi connectivity index (χ3v) is 5.92. The number of oxime groups is 1. The average molecular weight is 487 g/mol. The molecule has 0 spiro atoms. The number of carbonyl (C=O) groups is 1. The van der Waals surface area contributed by atoms with E-state index >= 15 is 0 Å². The normalized spacial score (nSPS) is 15.1. The molecular formula is C24H31N4O3PS. The number of rotatable bonds is 8. The molecule has 0 saturated heterocycles. The molecule has 2 aromatic rings. The van der Waals surface area contributed by atoms with E-state index in [0.29, 0.717) is 11.8 Å². The number of carbonyl (C=O) groups excluding carboxylic acids is 1. The minimum atomic E-state index is -0.682. The van der Waals surface area contributed by atoms with Crippen LogP contribution < -0.4 is 10.5 Å². The number of ether oxygens (including phenoxy) is 1. The van der Waals surface area contributed by atoms with Gasteiger partial charge in [-0.15, -0.1) is 0 Å². The molecule has 33 heavy (non-hydrogen) atoms. The second-order valence-corrected chi connectivity index (χ2v) is 8.65. The lowest BCUT2D eigenvalue weighted by Gasteiger charge is -2.24. The number of nitrogens with zero attached hydrogens (tertiary/aromatic N) is 3. The summed E-state index contributed by atoms with van der Waals surface area (Å²) in [6, 6.07) is 10.9. The van der Waals surface area contributed by atoms with Crippen molar-refractivity contribution < 1.29 is 14.4 Å². The zero-order valence-corrected chi connectivity index (χ0v) is 21.3. The highest BCUT2D eigenvalue weighted by atomic mass is 32.1. The lowest BCUT2D eigenvalue weighted by atomic mass is 10.0. The molecule has 1 aliphatic rings. The summed E-state index contributed by atoms with van der Waals surface area (Å²) in [7, 11) is 2.82. The summed E-state index contributed by atoms with van der Waals surface area (Å²) >= 11 is 0. The van der Waals surface area contributed by atoms with E-state index in [1.165, 1.54) is 11.6 Å². The lowest BCUT2D eigenvalue weighted by molar-refractivity contribution is 0.0516. The van der Waals surface area contributed by atoms with Gasteiger partial charge in [-0.25, -0.2) is 9.64 Å². The molecule has 0 fully saturated rings. The highest BCUT2D eigenvalue weighted by Crippen LogP contribution is 2.39. The van der Waals surface area contributed by atoms with E-state index in [1.807, 2.05) is 26.0 Å². The Balaban J connectivity index is 0.00000385. The maximum atomic E-state index is 12.5. The van der Waals surface area contributed by atoms with Crippen molar-refractivity contribution >= 4 is 40.4 Å². The molecule has 0 heterocycles. The highest BCUT2D eigenvalue weighted by Gasteiger charge is 2.28. The summed E-state index contributed by atoms with van der Waals surface area (Å²) in [5.41, 5.74) is 9.81. The van der Waals surface area contributed by atoms with Crippen molar-refractivity contribution in [3.8, 4) is 5.75 Å². The van der Waals surface area contributed by atoms with Crippen LogP contribution >= 0.6 is 22.9 Å². The Morgan fingerprint density at radius 2 is 2.12 bits per heavy atom. The third kappa shape index (κ3) is 6.26. The summed E-state index contributed by atoms with van der Waals surface area (Å²) in [6.07, 6.45) is 2.90. The van der Waals surface area contributed by atoms with Gasteiger partial charge in [-0.3, -0.25) is 4.67 Å². The number of hydrogen-bond acceptors (Lipinski definition) is 5. The fourth-order valence-corrected chi connectivity index (χ4v) is 4.48. The monoisotopic (exact) mass is 486 g/mol. The molecule has 2 N–H and O–H groups in total. The van der Waals surface area contributed by atoms with Crippen LogP contribution in [0.3, 0.4) is 0 Å². The molecule has 176 valence electrons. The van der Waals surface area contributed by atoms with E-state index in [1.54, 1.807) is 12.1 Å². The van der Waals surface area contributed by atoms with Gasteiger partial charge in [0.15, 0.2) is 5.84 Å². The van der Waals surface area contributed by atoms with E-state index in [2.05, 4.69) is 37.1 Å². The van der Waals surface area contributed by atoms with Gasteiger partial charge in [0, 0.05) is 18.2 Å². The maximum absolute atomic E-state index is 12.5. The van der Waals surface area contributed by atoms with E-state index in [-0.39, 0.29) is 36.7 Å². The highest BCUT2D eigenvalue weighted by molar-refractivity contribution is 7.59. The number of benzene rings is 2. The number of amidine groups is 1. The van der Waals surface area contributed by atoms with Gasteiger partial charge in [-0.2, -0.15) is 13.5 Å². The molecule has 0 amide bonds. The van der Waals surface area contributed by atoms with Crippen LogP contribution in [0.5, 0.6) is 5.75 Å². The minimum Gasteiger partial charge on any atom is -0.502 e. The van der Waals surface area contributed by atoms with Crippen molar-refractivity contribution in [1.82, 2.24) is 4.67 Å². The maximum Gasteiger partial charge on any atom is 0.364 e. The standard InChI is InChI=1S/C24H29N4O3P.H2S/c1-5-13-28(32)21-11-10-17-18(21)7-6-8-19(17)23(25)27-31-24(29)16-9-12-22(30-15(2)3)20(14-16)26-4;/h6-9,12,14-15,21H,5,10-11,13,32H2,1-3H3,(H2,25,27);1H2/t21-;/m0./s1. The molecule has 7 nitrogen and oxygen atoms in total. The van der Waals surface area contributed by atoms with E-state index in [4.69, 9.17) is 21.9 Å². The van der Waals surface area contributed by atoms with Crippen molar-refractivity contribution in [3.05, 3.63) is 70.1 Å². The Morgan fingerprint density at radius 1 is 1.36 bits per heavy atom. The Morgan fingerprint density at radius 3 is 2.79 bits per heavy atom. The van der Waals surface area contributed by atoms with Crippen LogP contribution in [0, 0.1) is 6.57 Å². The van der Waals surface area contributed by atoms with Gasteiger partial charge in [-0.1, -0.05) is 39.7 Å². The minimum absolute atomic E-state index is 0. The molecule has 0 aromatic heterocycles. The van der Waals surface area contributed by atoms with Crippen molar-refractivity contribution in [1.29, 1.82) is 0 Å². The SMILES string of the molecule is S.[C-]#[N+]c1cc(C(=O)ON=C(N)c2cccc3c2CC[C@@H]3N(P)CCC)ccc1OC(C)C. The molecule has 9 heteroatoms. The van der Waals surface area contributed by atoms with Gasteiger partial charge in [0.2, 0.25) is 5.69 Å². The van der Waals surface area contributed by atoms with Gasteiger partial charge in [0.05, 0.1) is 18.2 Å². The molecule has 0 aliphatic heterocycles. The molecule has 1 aliphatic carbocycles. The summed E-state index contributed by atoms with van der Waals surface area (Å²) in [5, 5.41) is 3.90. The smallest absolute Gasteiger partial charge is 0.364 e. The second kappa shape index (κ2) is 12.0. The van der Waals surface area contributed by atoms with Crippen molar-refractivity contribution in [2.45, 2.75) is 52.2 Å². The molecular weight excluding hydrogens is 455 g/mol. The predicted octanol–water partition coefficient (Wildman–Crippen LogP) is 5.10. The van der Waals surface area contributed by atoms with Crippen LogP contribution in [-0.2, 0) is 11.3 Å². The molecule has 2 aromatic carbocycles. The largest absolute Gasteiger partial charge is 0.502 e. The molecule has 0 saturated carbocycles. The summed E-state index contributed by atoms with van der Waals surface area (Å²) in [5.74, 6) is -0.0968.